The van der Waals surface area contributed by atoms with Crippen LogP contribution in [0.1, 0.15) is 20.3 Å². The van der Waals surface area contributed by atoms with Gasteiger partial charge in [0, 0.05) is 45.5 Å². The van der Waals surface area contributed by atoms with E-state index in [4.69, 9.17) is 11.6 Å². The van der Waals surface area contributed by atoms with Gasteiger partial charge in [-0.25, -0.2) is 9.38 Å². The number of hydrogen-bond donors (Lipinski definition) is 2. The van der Waals surface area contributed by atoms with E-state index in [2.05, 4.69) is 34.4 Å². The molecule has 0 aromatic heterocycles. The first-order valence-corrected chi connectivity index (χ1v) is 9.59. The summed E-state index contributed by atoms with van der Waals surface area (Å²) in [5, 5.41) is 6.81. The number of carbonyl (C=O) groups is 1. The van der Waals surface area contributed by atoms with Crippen LogP contribution in [0.3, 0.4) is 0 Å². The summed E-state index contributed by atoms with van der Waals surface area (Å²) in [4.78, 5) is 19.9. The summed E-state index contributed by atoms with van der Waals surface area (Å²) in [6.07, 6.45) is 0.897. The lowest BCUT2D eigenvalue weighted by atomic mass is 10.2. The van der Waals surface area contributed by atoms with Crippen molar-refractivity contribution < 1.29 is 9.18 Å². The Bertz CT molecular complexity index is 680. The SMILES string of the molecule is CC(C)CNC(=NCC(=O)N(C)C)NC1CCN(c2ccc(Cl)c(F)c2)C1. The molecular weight excluding hydrogens is 369 g/mol. The summed E-state index contributed by atoms with van der Waals surface area (Å²) < 4.78 is 13.7. The zero-order valence-electron chi connectivity index (χ0n) is 16.4. The number of hydrogen-bond acceptors (Lipinski definition) is 3. The van der Waals surface area contributed by atoms with Crippen LogP contribution in [0, 0.1) is 11.7 Å². The molecule has 1 heterocycles. The van der Waals surface area contributed by atoms with E-state index in [0.29, 0.717) is 11.9 Å². The first-order valence-electron chi connectivity index (χ1n) is 9.21. The third-order valence-corrected chi connectivity index (χ3v) is 4.65. The van der Waals surface area contributed by atoms with Crippen molar-refractivity contribution in [3.8, 4) is 0 Å². The van der Waals surface area contributed by atoms with Crippen LogP contribution in [0.15, 0.2) is 23.2 Å². The normalized spacial score (nSPS) is 17.4. The van der Waals surface area contributed by atoms with E-state index in [-0.39, 0.29) is 23.5 Å². The van der Waals surface area contributed by atoms with Crippen LogP contribution in [0.25, 0.3) is 0 Å². The molecule has 150 valence electrons. The van der Waals surface area contributed by atoms with Gasteiger partial charge in [0.2, 0.25) is 5.91 Å². The molecule has 1 atom stereocenters. The number of rotatable bonds is 6. The minimum Gasteiger partial charge on any atom is -0.369 e. The van der Waals surface area contributed by atoms with Gasteiger partial charge in [0.1, 0.15) is 12.4 Å². The Balaban J connectivity index is 1.98. The zero-order chi connectivity index (χ0) is 20.0. The molecule has 27 heavy (non-hydrogen) atoms. The van der Waals surface area contributed by atoms with Crippen LogP contribution in [-0.2, 0) is 4.79 Å². The van der Waals surface area contributed by atoms with Gasteiger partial charge >= 0.3 is 0 Å². The van der Waals surface area contributed by atoms with Crippen molar-refractivity contribution in [3.05, 3.63) is 29.0 Å². The number of likely N-dealkylation sites (N-methyl/N-ethyl adjacent to an activating group) is 1. The monoisotopic (exact) mass is 397 g/mol. The predicted octanol–water partition coefficient (Wildman–Crippen LogP) is 2.34. The fraction of sp³-hybridized carbons (Fsp3) is 0.579. The molecule has 0 saturated carbocycles. The van der Waals surface area contributed by atoms with Gasteiger partial charge < -0.3 is 20.4 Å². The van der Waals surface area contributed by atoms with Gasteiger partial charge in [-0.1, -0.05) is 25.4 Å². The number of anilines is 1. The average molecular weight is 398 g/mol. The molecule has 1 saturated heterocycles. The van der Waals surface area contributed by atoms with E-state index >= 15 is 0 Å². The summed E-state index contributed by atoms with van der Waals surface area (Å²) in [6.45, 7) is 6.63. The first-order chi connectivity index (χ1) is 12.8. The summed E-state index contributed by atoms with van der Waals surface area (Å²) in [5.74, 6) is 0.630. The van der Waals surface area contributed by atoms with Crippen molar-refractivity contribution in [2.24, 2.45) is 10.9 Å². The van der Waals surface area contributed by atoms with E-state index in [1.165, 1.54) is 11.0 Å². The lowest BCUT2D eigenvalue weighted by molar-refractivity contribution is -0.127. The molecule has 6 nitrogen and oxygen atoms in total. The van der Waals surface area contributed by atoms with Gasteiger partial charge in [-0.3, -0.25) is 4.79 Å². The predicted molar refractivity (Wildman–Crippen MR) is 109 cm³/mol. The summed E-state index contributed by atoms with van der Waals surface area (Å²) in [6, 6.07) is 5.04. The third kappa shape index (κ3) is 6.57. The summed E-state index contributed by atoms with van der Waals surface area (Å²) in [7, 11) is 3.43. The highest BCUT2D eigenvalue weighted by molar-refractivity contribution is 6.30. The Kier molecular flexibility index (Phi) is 7.71. The molecule has 2 rings (SSSR count). The van der Waals surface area contributed by atoms with E-state index in [1.807, 2.05) is 6.07 Å². The molecule has 2 N–H and O–H groups in total. The Morgan fingerprint density at radius 3 is 2.81 bits per heavy atom. The second kappa shape index (κ2) is 9.78. The van der Waals surface area contributed by atoms with Crippen LogP contribution in [0.4, 0.5) is 10.1 Å². The average Bonchev–Trinajstić information content (AvgIpc) is 3.07. The minimum atomic E-state index is -0.409. The van der Waals surface area contributed by atoms with Crippen molar-refractivity contribution in [2.45, 2.75) is 26.3 Å². The van der Waals surface area contributed by atoms with Crippen molar-refractivity contribution >= 4 is 29.2 Å². The Hall–Kier alpha value is -2.02. The molecule has 1 aromatic carbocycles. The standard InChI is InChI=1S/C19H29ClFN5O/c1-13(2)10-22-19(23-11-18(27)25(3)4)24-14-7-8-26(12-14)15-5-6-16(20)17(21)9-15/h5-6,9,13-14H,7-8,10-12H2,1-4H3,(H2,22,23,24). The van der Waals surface area contributed by atoms with Crippen LogP contribution >= 0.6 is 11.6 Å². The molecular formula is C19H29ClFN5O. The maximum absolute atomic E-state index is 13.7. The van der Waals surface area contributed by atoms with Crippen molar-refractivity contribution in [2.75, 3.05) is 45.2 Å². The van der Waals surface area contributed by atoms with Gasteiger partial charge in [-0.15, -0.1) is 0 Å². The van der Waals surface area contributed by atoms with Crippen molar-refractivity contribution in [1.29, 1.82) is 0 Å². The molecule has 0 aliphatic carbocycles. The largest absolute Gasteiger partial charge is 0.369 e. The number of aliphatic imine (C=N–C) groups is 1. The van der Waals surface area contributed by atoms with Crippen LogP contribution in [-0.4, -0.2) is 63.1 Å². The molecule has 1 amide bonds. The fourth-order valence-electron chi connectivity index (χ4n) is 2.73. The highest BCUT2D eigenvalue weighted by Crippen LogP contribution is 2.25. The van der Waals surface area contributed by atoms with Crippen LogP contribution in [0.2, 0.25) is 5.02 Å². The Morgan fingerprint density at radius 1 is 1.44 bits per heavy atom. The second-order valence-electron chi connectivity index (χ2n) is 7.40. The summed E-state index contributed by atoms with van der Waals surface area (Å²) >= 11 is 5.77. The molecule has 0 spiro atoms. The molecule has 1 unspecified atom stereocenters. The number of amides is 1. The zero-order valence-corrected chi connectivity index (χ0v) is 17.2. The van der Waals surface area contributed by atoms with E-state index in [9.17, 15) is 9.18 Å². The first kappa shape index (κ1) is 21.3. The molecule has 0 bridgehead atoms. The third-order valence-electron chi connectivity index (χ3n) is 4.35. The summed E-state index contributed by atoms with van der Waals surface area (Å²) in [5.41, 5.74) is 0.817. The quantitative estimate of drug-likeness (QED) is 0.571. The molecule has 1 fully saturated rings. The van der Waals surface area contributed by atoms with Crippen molar-refractivity contribution in [1.82, 2.24) is 15.5 Å². The molecule has 1 aromatic rings. The fourth-order valence-corrected chi connectivity index (χ4v) is 2.85. The van der Waals surface area contributed by atoms with Gasteiger partial charge in [0.05, 0.1) is 5.02 Å². The van der Waals surface area contributed by atoms with E-state index in [1.54, 1.807) is 20.2 Å². The highest BCUT2D eigenvalue weighted by Gasteiger charge is 2.24. The topological polar surface area (TPSA) is 60.0 Å². The maximum Gasteiger partial charge on any atom is 0.243 e. The Labute approximate surface area is 165 Å². The second-order valence-corrected chi connectivity index (χ2v) is 7.81. The van der Waals surface area contributed by atoms with E-state index < -0.39 is 5.82 Å². The van der Waals surface area contributed by atoms with Gasteiger partial charge in [0.15, 0.2) is 5.96 Å². The number of nitrogens with one attached hydrogen (secondary N) is 2. The number of nitrogens with zero attached hydrogens (tertiary/aromatic N) is 3. The van der Waals surface area contributed by atoms with Gasteiger partial charge in [-0.2, -0.15) is 0 Å². The lowest BCUT2D eigenvalue weighted by Crippen LogP contribution is -2.46. The maximum atomic E-state index is 13.7. The molecule has 1 aliphatic heterocycles. The van der Waals surface area contributed by atoms with Gasteiger partial charge in [0.25, 0.3) is 0 Å². The molecule has 1 aliphatic rings. The van der Waals surface area contributed by atoms with Crippen LogP contribution in [0.5, 0.6) is 0 Å². The van der Waals surface area contributed by atoms with E-state index in [0.717, 1.165) is 31.7 Å². The number of benzene rings is 1. The number of halogens is 2. The lowest BCUT2D eigenvalue weighted by Gasteiger charge is -2.21. The van der Waals surface area contributed by atoms with Gasteiger partial charge in [-0.05, 0) is 30.5 Å². The highest BCUT2D eigenvalue weighted by atomic mass is 35.5. The Morgan fingerprint density at radius 2 is 2.19 bits per heavy atom. The van der Waals surface area contributed by atoms with Crippen molar-refractivity contribution in [3.63, 3.8) is 0 Å². The molecule has 8 heteroatoms. The van der Waals surface area contributed by atoms with Crippen LogP contribution < -0.4 is 15.5 Å². The smallest absolute Gasteiger partial charge is 0.243 e. The number of carbonyl (C=O) groups excluding carboxylic acids is 1. The number of guanidine groups is 1. The minimum absolute atomic E-state index is 0.0506. The molecule has 0 radical (unpaired) electrons.